The van der Waals surface area contributed by atoms with E-state index in [9.17, 15) is 4.79 Å². The maximum Gasteiger partial charge on any atom is 0.227 e. The number of hydrogen-bond donors (Lipinski definition) is 2. The Hall–Kier alpha value is -1.55. The smallest absolute Gasteiger partial charge is 0.227 e. The van der Waals surface area contributed by atoms with E-state index in [4.69, 9.17) is 10.5 Å². The molecule has 98 valence electrons. The Bertz CT molecular complexity index is 399. The van der Waals surface area contributed by atoms with Gasteiger partial charge in [-0.25, -0.2) is 0 Å². The summed E-state index contributed by atoms with van der Waals surface area (Å²) in [5.74, 6) is 0.738. The van der Waals surface area contributed by atoms with Crippen molar-refractivity contribution in [2.24, 2.45) is 5.73 Å². The van der Waals surface area contributed by atoms with Crippen molar-refractivity contribution in [2.75, 3.05) is 13.7 Å². The normalized spacial score (nSPS) is 16.1. The summed E-state index contributed by atoms with van der Waals surface area (Å²) in [5, 5.41) is 3.04. The molecule has 0 spiro atoms. The molecule has 0 aromatic heterocycles. The molecule has 1 fully saturated rings. The number of nitrogens with two attached hydrogens (primary N) is 1. The number of carbonyl (C=O) groups excluding carboxylic acids is 1. The van der Waals surface area contributed by atoms with E-state index >= 15 is 0 Å². The van der Waals surface area contributed by atoms with E-state index in [1.54, 1.807) is 7.11 Å². The standard InChI is InChI=1S/C14H20N2O2/c1-18-12-6-2-10(3-7-12)13(8-9-15)14(17)16-11-4-5-11/h2-3,6-7,11,13H,4-5,8-9,15H2,1H3,(H,16,17). The molecule has 0 bridgehead atoms. The zero-order valence-corrected chi connectivity index (χ0v) is 10.7. The molecule has 1 amide bonds. The Morgan fingerprint density at radius 3 is 2.61 bits per heavy atom. The zero-order valence-electron chi connectivity index (χ0n) is 10.7. The van der Waals surface area contributed by atoms with Crippen molar-refractivity contribution >= 4 is 5.91 Å². The van der Waals surface area contributed by atoms with E-state index in [-0.39, 0.29) is 11.8 Å². The molecule has 18 heavy (non-hydrogen) atoms. The molecule has 4 nitrogen and oxygen atoms in total. The van der Waals surface area contributed by atoms with Crippen LogP contribution in [-0.4, -0.2) is 25.6 Å². The summed E-state index contributed by atoms with van der Waals surface area (Å²) in [7, 11) is 1.63. The van der Waals surface area contributed by atoms with Gasteiger partial charge in [-0.3, -0.25) is 4.79 Å². The van der Waals surface area contributed by atoms with Gasteiger partial charge in [-0.1, -0.05) is 12.1 Å². The summed E-state index contributed by atoms with van der Waals surface area (Å²) in [4.78, 5) is 12.1. The Labute approximate surface area is 108 Å². The van der Waals surface area contributed by atoms with Gasteiger partial charge in [0.25, 0.3) is 0 Å². The molecule has 0 aliphatic heterocycles. The Morgan fingerprint density at radius 1 is 1.44 bits per heavy atom. The number of rotatable bonds is 6. The SMILES string of the molecule is COc1ccc(C(CCN)C(=O)NC2CC2)cc1. The minimum absolute atomic E-state index is 0.0908. The number of benzene rings is 1. The molecule has 2 rings (SSSR count). The molecule has 1 aliphatic carbocycles. The monoisotopic (exact) mass is 248 g/mol. The van der Waals surface area contributed by atoms with E-state index in [1.165, 1.54) is 0 Å². The number of ether oxygens (including phenoxy) is 1. The lowest BCUT2D eigenvalue weighted by molar-refractivity contribution is -0.122. The first kappa shape index (κ1) is 12.9. The van der Waals surface area contributed by atoms with E-state index in [1.807, 2.05) is 24.3 Å². The highest BCUT2D eigenvalue weighted by molar-refractivity contribution is 5.84. The van der Waals surface area contributed by atoms with Crippen LogP contribution in [0, 0.1) is 0 Å². The third-order valence-corrected chi connectivity index (χ3v) is 3.21. The van der Waals surface area contributed by atoms with Crippen LogP contribution in [0.25, 0.3) is 0 Å². The highest BCUT2D eigenvalue weighted by Gasteiger charge is 2.27. The first-order chi connectivity index (χ1) is 8.74. The lowest BCUT2D eigenvalue weighted by Gasteiger charge is -2.16. The van der Waals surface area contributed by atoms with Crippen molar-refractivity contribution in [3.63, 3.8) is 0 Å². The van der Waals surface area contributed by atoms with Gasteiger partial charge in [-0.2, -0.15) is 0 Å². The Balaban J connectivity index is 2.08. The number of hydrogen-bond acceptors (Lipinski definition) is 3. The molecule has 4 heteroatoms. The van der Waals surface area contributed by atoms with Crippen LogP contribution in [0.4, 0.5) is 0 Å². The van der Waals surface area contributed by atoms with Crippen molar-refractivity contribution in [3.8, 4) is 5.75 Å². The average Bonchev–Trinajstić information content (AvgIpc) is 3.20. The third-order valence-electron chi connectivity index (χ3n) is 3.21. The molecular formula is C14H20N2O2. The summed E-state index contributed by atoms with van der Waals surface area (Å²) >= 11 is 0. The van der Waals surface area contributed by atoms with Crippen LogP contribution in [0.1, 0.15) is 30.7 Å². The fourth-order valence-electron chi connectivity index (χ4n) is 1.98. The van der Waals surface area contributed by atoms with Crippen molar-refractivity contribution in [1.29, 1.82) is 0 Å². The molecule has 1 aliphatic rings. The fourth-order valence-corrected chi connectivity index (χ4v) is 1.98. The van der Waals surface area contributed by atoms with E-state index < -0.39 is 0 Å². The van der Waals surface area contributed by atoms with Gasteiger partial charge in [-0.15, -0.1) is 0 Å². The van der Waals surface area contributed by atoms with E-state index in [0.29, 0.717) is 19.0 Å². The minimum atomic E-state index is -0.151. The summed E-state index contributed by atoms with van der Waals surface area (Å²) in [6, 6.07) is 8.01. The molecule has 1 aromatic carbocycles. The predicted octanol–water partition coefficient (Wildman–Crippen LogP) is 1.41. The number of methoxy groups -OCH3 is 1. The molecule has 3 N–H and O–H groups in total. The molecule has 0 radical (unpaired) electrons. The van der Waals surface area contributed by atoms with Crippen molar-refractivity contribution in [1.82, 2.24) is 5.32 Å². The van der Waals surface area contributed by atoms with Gasteiger partial charge < -0.3 is 15.8 Å². The average molecular weight is 248 g/mol. The number of amides is 1. The number of nitrogens with one attached hydrogen (secondary N) is 1. The van der Waals surface area contributed by atoms with Gasteiger partial charge in [0.05, 0.1) is 13.0 Å². The molecule has 1 unspecified atom stereocenters. The highest BCUT2D eigenvalue weighted by atomic mass is 16.5. The maximum atomic E-state index is 12.1. The second-order valence-electron chi connectivity index (χ2n) is 4.69. The van der Waals surface area contributed by atoms with Crippen molar-refractivity contribution < 1.29 is 9.53 Å². The van der Waals surface area contributed by atoms with Gasteiger partial charge in [0, 0.05) is 6.04 Å². The van der Waals surface area contributed by atoms with Crippen molar-refractivity contribution in [3.05, 3.63) is 29.8 Å². The molecule has 0 saturated heterocycles. The quantitative estimate of drug-likeness (QED) is 0.800. The predicted molar refractivity (Wildman–Crippen MR) is 70.6 cm³/mol. The lowest BCUT2D eigenvalue weighted by atomic mass is 9.94. The maximum absolute atomic E-state index is 12.1. The van der Waals surface area contributed by atoms with Crippen LogP contribution in [0.3, 0.4) is 0 Å². The van der Waals surface area contributed by atoms with Crippen LogP contribution >= 0.6 is 0 Å². The molecular weight excluding hydrogens is 228 g/mol. The zero-order chi connectivity index (χ0) is 13.0. The molecule has 1 saturated carbocycles. The largest absolute Gasteiger partial charge is 0.497 e. The van der Waals surface area contributed by atoms with Gasteiger partial charge in [0.1, 0.15) is 5.75 Å². The Kier molecular flexibility index (Phi) is 4.20. The van der Waals surface area contributed by atoms with Crippen LogP contribution in [0.15, 0.2) is 24.3 Å². The molecule has 0 heterocycles. The summed E-state index contributed by atoms with van der Waals surface area (Å²) < 4.78 is 5.12. The van der Waals surface area contributed by atoms with E-state index in [2.05, 4.69) is 5.32 Å². The van der Waals surface area contributed by atoms with Gasteiger partial charge in [-0.05, 0) is 43.5 Å². The third kappa shape index (κ3) is 3.23. The lowest BCUT2D eigenvalue weighted by Crippen LogP contribution is -2.32. The van der Waals surface area contributed by atoms with Gasteiger partial charge >= 0.3 is 0 Å². The van der Waals surface area contributed by atoms with Crippen LogP contribution < -0.4 is 15.8 Å². The topological polar surface area (TPSA) is 64.3 Å². The summed E-state index contributed by atoms with van der Waals surface area (Å²) in [5.41, 5.74) is 6.60. The fraction of sp³-hybridized carbons (Fsp3) is 0.500. The van der Waals surface area contributed by atoms with Gasteiger partial charge in [0.2, 0.25) is 5.91 Å². The van der Waals surface area contributed by atoms with Crippen LogP contribution in [-0.2, 0) is 4.79 Å². The van der Waals surface area contributed by atoms with Crippen molar-refractivity contribution in [2.45, 2.75) is 31.2 Å². The molecule has 1 atom stereocenters. The molecule has 1 aromatic rings. The minimum Gasteiger partial charge on any atom is -0.497 e. The van der Waals surface area contributed by atoms with Crippen LogP contribution in [0.5, 0.6) is 5.75 Å². The van der Waals surface area contributed by atoms with E-state index in [0.717, 1.165) is 24.2 Å². The highest BCUT2D eigenvalue weighted by Crippen LogP contribution is 2.25. The van der Waals surface area contributed by atoms with Crippen LogP contribution in [0.2, 0.25) is 0 Å². The summed E-state index contributed by atoms with van der Waals surface area (Å²) in [6.07, 6.45) is 2.87. The van der Waals surface area contributed by atoms with Gasteiger partial charge in [0.15, 0.2) is 0 Å². The summed E-state index contributed by atoms with van der Waals surface area (Å²) in [6.45, 7) is 0.509. The second kappa shape index (κ2) is 5.87. The Morgan fingerprint density at radius 2 is 2.11 bits per heavy atom. The first-order valence-electron chi connectivity index (χ1n) is 6.39. The first-order valence-corrected chi connectivity index (χ1v) is 6.39. The second-order valence-corrected chi connectivity index (χ2v) is 4.69. The number of carbonyl (C=O) groups is 1.